The molecule has 1 aromatic rings. The second kappa shape index (κ2) is 12.8. The van der Waals surface area contributed by atoms with E-state index in [1.54, 1.807) is 39.0 Å². The molecule has 0 aromatic carbocycles. The summed E-state index contributed by atoms with van der Waals surface area (Å²) in [7, 11) is 0. The summed E-state index contributed by atoms with van der Waals surface area (Å²) in [6.45, 7) is 16.8. The first-order valence-corrected chi connectivity index (χ1v) is 8.42. The highest BCUT2D eigenvalue weighted by Gasteiger charge is 2.16. The molecule has 0 saturated carbocycles. The molecular formula is C18H27N3O6. The van der Waals surface area contributed by atoms with Gasteiger partial charge in [0, 0.05) is 0 Å². The van der Waals surface area contributed by atoms with Crippen molar-refractivity contribution in [2.75, 3.05) is 19.8 Å². The molecule has 0 fully saturated rings. The standard InChI is InChI=1S/C18H27N3O6/c1-7-10-22-13(4)25-16-19-17(26-14(5)23-11-8-2)21-18(20-16)27-15(6)24-12-9-3/h7-9,13-15H,1-3,10-12H2,4-6H3. The molecule has 0 spiro atoms. The largest absolute Gasteiger partial charge is 0.434 e. The molecular weight excluding hydrogens is 354 g/mol. The molecule has 3 atom stereocenters. The Morgan fingerprint density at radius 3 is 1.11 bits per heavy atom. The molecule has 0 aliphatic rings. The summed E-state index contributed by atoms with van der Waals surface area (Å²) in [5, 5.41) is 0. The molecule has 0 bridgehead atoms. The van der Waals surface area contributed by atoms with Crippen molar-refractivity contribution in [2.24, 2.45) is 0 Å². The summed E-state index contributed by atoms with van der Waals surface area (Å²) in [5.74, 6) is 0. The van der Waals surface area contributed by atoms with Gasteiger partial charge in [-0.25, -0.2) is 0 Å². The van der Waals surface area contributed by atoms with Crippen LogP contribution >= 0.6 is 0 Å². The quantitative estimate of drug-likeness (QED) is 0.336. The Kier molecular flexibility index (Phi) is 10.7. The van der Waals surface area contributed by atoms with E-state index in [0.717, 1.165) is 0 Å². The zero-order valence-electron chi connectivity index (χ0n) is 16.0. The highest BCUT2D eigenvalue weighted by Crippen LogP contribution is 2.18. The van der Waals surface area contributed by atoms with Crippen LogP contribution < -0.4 is 14.2 Å². The average Bonchev–Trinajstić information content (AvgIpc) is 2.62. The number of hydrogen-bond acceptors (Lipinski definition) is 9. The summed E-state index contributed by atoms with van der Waals surface area (Å²) >= 11 is 0. The van der Waals surface area contributed by atoms with Gasteiger partial charge in [-0.05, 0) is 20.8 Å². The summed E-state index contributed by atoms with van der Waals surface area (Å²) < 4.78 is 32.6. The average molecular weight is 381 g/mol. The topological polar surface area (TPSA) is 94.1 Å². The lowest BCUT2D eigenvalue weighted by atomic mass is 10.6. The van der Waals surface area contributed by atoms with Gasteiger partial charge >= 0.3 is 18.0 Å². The first kappa shape index (κ1) is 22.6. The third-order valence-corrected chi connectivity index (χ3v) is 2.73. The molecule has 1 rings (SSSR count). The lowest BCUT2D eigenvalue weighted by Crippen LogP contribution is -2.22. The van der Waals surface area contributed by atoms with E-state index in [0.29, 0.717) is 19.8 Å². The van der Waals surface area contributed by atoms with Crippen LogP contribution in [0.25, 0.3) is 0 Å². The van der Waals surface area contributed by atoms with Crippen molar-refractivity contribution < 1.29 is 28.4 Å². The number of aromatic nitrogens is 3. The normalized spacial score (nSPS) is 13.9. The smallest absolute Gasteiger partial charge is 0.328 e. The first-order chi connectivity index (χ1) is 13.0. The van der Waals surface area contributed by atoms with E-state index in [1.807, 2.05) is 0 Å². The molecule has 9 heteroatoms. The summed E-state index contributed by atoms with van der Waals surface area (Å²) in [4.78, 5) is 12.3. The van der Waals surface area contributed by atoms with Crippen LogP contribution in [0, 0.1) is 0 Å². The van der Waals surface area contributed by atoms with Crippen molar-refractivity contribution in [3.8, 4) is 18.0 Å². The predicted molar refractivity (Wildman–Crippen MR) is 98.5 cm³/mol. The second-order valence-electron chi connectivity index (χ2n) is 5.11. The molecule has 1 heterocycles. The predicted octanol–water partition coefficient (Wildman–Crippen LogP) is 2.65. The molecule has 9 nitrogen and oxygen atoms in total. The monoisotopic (exact) mass is 381 g/mol. The van der Waals surface area contributed by atoms with Gasteiger partial charge in [0.25, 0.3) is 0 Å². The molecule has 0 saturated heterocycles. The van der Waals surface area contributed by atoms with Crippen LogP contribution in [0.15, 0.2) is 38.0 Å². The molecule has 150 valence electrons. The molecule has 0 N–H and O–H groups in total. The SMILES string of the molecule is C=CCOC(C)Oc1nc(OC(C)OCC=C)nc(OC(C)OCC=C)n1. The molecule has 27 heavy (non-hydrogen) atoms. The van der Waals surface area contributed by atoms with E-state index < -0.39 is 18.9 Å². The third-order valence-electron chi connectivity index (χ3n) is 2.73. The van der Waals surface area contributed by atoms with E-state index >= 15 is 0 Å². The van der Waals surface area contributed by atoms with E-state index in [-0.39, 0.29) is 18.0 Å². The minimum absolute atomic E-state index is 0.0293. The Morgan fingerprint density at radius 2 is 0.889 bits per heavy atom. The maximum atomic E-state index is 5.52. The van der Waals surface area contributed by atoms with Crippen LogP contribution in [0.1, 0.15) is 20.8 Å². The minimum Gasteiger partial charge on any atom is -0.434 e. The van der Waals surface area contributed by atoms with Gasteiger partial charge in [0.05, 0.1) is 19.8 Å². The fourth-order valence-corrected chi connectivity index (χ4v) is 1.64. The fourth-order valence-electron chi connectivity index (χ4n) is 1.64. The first-order valence-electron chi connectivity index (χ1n) is 8.42. The molecule has 0 aliphatic carbocycles. The lowest BCUT2D eigenvalue weighted by molar-refractivity contribution is -0.0743. The maximum Gasteiger partial charge on any atom is 0.328 e. The Bertz CT molecular complexity index is 505. The highest BCUT2D eigenvalue weighted by atomic mass is 16.7. The van der Waals surface area contributed by atoms with Gasteiger partial charge in [0.15, 0.2) is 0 Å². The number of ether oxygens (including phenoxy) is 6. The highest BCUT2D eigenvalue weighted by molar-refractivity contribution is 5.09. The van der Waals surface area contributed by atoms with Crippen molar-refractivity contribution in [3.63, 3.8) is 0 Å². The van der Waals surface area contributed by atoms with Gasteiger partial charge < -0.3 is 28.4 Å². The molecule has 0 aliphatic heterocycles. The summed E-state index contributed by atoms with van der Waals surface area (Å²) in [5.41, 5.74) is 0. The third kappa shape index (κ3) is 9.69. The Balaban J connectivity index is 2.90. The second-order valence-corrected chi connectivity index (χ2v) is 5.11. The van der Waals surface area contributed by atoms with Crippen molar-refractivity contribution in [2.45, 2.75) is 39.6 Å². The number of rotatable bonds is 15. The lowest BCUT2D eigenvalue weighted by Gasteiger charge is -2.17. The van der Waals surface area contributed by atoms with E-state index in [4.69, 9.17) is 28.4 Å². The van der Waals surface area contributed by atoms with Crippen molar-refractivity contribution >= 4 is 0 Å². The molecule has 3 unspecified atom stereocenters. The molecule has 1 aromatic heterocycles. The van der Waals surface area contributed by atoms with Crippen LogP contribution in [-0.2, 0) is 14.2 Å². The summed E-state index contributed by atoms with van der Waals surface area (Å²) in [6, 6.07) is -0.0878. The summed E-state index contributed by atoms with van der Waals surface area (Å²) in [6.07, 6.45) is 2.97. The van der Waals surface area contributed by atoms with E-state index in [1.165, 1.54) is 0 Å². The Labute approximate surface area is 159 Å². The maximum absolute atomic E-state index is 5.52. The van der Waals surface area contributed by atoms with E-state index in [9.17, 15) is 0 Å². The zero-order chi connectivity index (χ0) is 20.1. The van der Waals surface area contributed by atoms with Gasteiger partial charge in [0.1, 0.15) is 0 Å². The Hall–Kier alpha value is -2.49. The van der Waals surface area contributed by atoms with Crippen molar-refractivity contribution in [1.82, 2.24) is 15.0 Å². The van der Waals surface area contributed by atoms with Crippen molar-refractivity contribution in [3.05, 3.63) is 38.0 Å². The molecule has 0 radical (unpaired) electrons. The van der Waals surface area contributed by atoms with Gasteiger partial charge in [-0.1, -0.05) is 18.2 Å². The van der Waals surface area contributed by atoms with Gasteiger partial charge in [-0.2, -0.15) is 0 Å². The number of hydrogen-bond donors (Lipinski definition) is 0. The van der Waals surface area contributed by atoms with Gasteiger partial charge in [-0.15, -0.1) is 34.7 Å². The van der Waals surface area contributed by atoms with Crippen LogP contribution in [0.2, 0.25) is 0 Å². The van der Waals surface area contributed by atoms with Crippen LogP contribution in [0.4, 0.5) is 0 Å². The Morgan fingerprint density at radius 1 is 0.630 bits per heavy atom. The van der Waals surface area contributed by atoms with Gasteiger partial charge in [0.2, 0.25) is 18.9 Å². The van der Waals surface area contributed by atoms with Crippen molar-refractivity contribution in [1.29, 1.82) is 0 Å². The minimum atomic E-state index is -0.616. The number of nitrogens with zero attached hydrogens (tertiary/aromatic N) is 3. The van der Waals surface area contributed by atoms with Crippen LogP contribution in [0.5, 0.6) is 18.0 Å². The van der Waals surface area contributed by atoms with Gasteiger partial charge in [-0.3, -0.25) is 0 Å². The zero-order valence-corrected chi connectivity index (χ0v) is 16.0. The van der Waals surface area contributed by atoms with E-state index in [2.05, 4.69) is 34.7 Å². The molecule has 0 amide bonds. The van der Waals surface area contributed by atoms with Crippen LogP contribution in [0.3, 0.4) is 0 Å². The fraction of sp³-hybridized carbons (Fsp3) is 0.500. The van der Waals surface area contributed by atoms with Crippen LogP contribution in [-0.4, -0.2) is 53.6 Å².